The Hall–Kier alpha value is -2.83. The van der Waals surface area contributed by atoms with Gasteiger partial charge in [-0.15, -0.1) is 6.42 Å². The van der Waals surface area contributed by atoms with Crippen molar-refractivity contribution < 1.29 is 4.57 Å². The highest BCUT2D eigenvalue weighted by Crippen LogP contribution is 2.21. The molecule has 0 aliphatic heterocycles. The smallest absolute Gasteiger partial charge is 0.263 e. The average Bonchev–Trinajstić information content (AvgIpc) is 2.97. The molecule has 0 bridgehead atoms. The minimum atomic E-state index is 0.583. The highest BCUT2D eigenvalue weighted by molar-refractivity contribution is 7.18. The van der Waals surface area contributed by atoms with Crippen LogP contribution in [0.2, 0.25) is 0 Å². The summed E-state index contributed by atoms with van der Waals surface area (Å²) in [5, 5.41) is 1.16. The lowest BCUT2D eigenvalue weighted by molar-refractivity contribution is -0.656. The normalized spacial score (nSPS) is 11.4. The second-order valence-electron chi connectivity index (χ2n) is 5.90. The van der Waals surface area contributed by atoms with Crippen LogP contribution in [0.4, 0.5) is 5.69 Å². The van der Waals surface area contributed by atoms with Gasteiger partial charge in [0, 0.05) is 31.9 Å². The van der Waals surface area contributed by atoms with Gasteiger partial charge in [0.2, 0.25) is 12.1 Å². The number of terminal acetylenes is 1. The number of rotatable bonds is 5. The van der Waals surface area contributed by atoms with Gasteiger partial charge in [0.05, 0.1) is 0 Å². The first-order chi connectivity index (χ1) is 12.2. The number of nitrogens with zero attached hydrogens (tertiary/aromatic N) is 2. The Morgan fingerprint density at radius 2 is 1.76 bits per heavy atom. The molecule has 0 saturated carbocycles. The second kappa shape index (κ2) is 7.83. The third kappa shape index (κ3) is 3.99. The summed E-state index contributed by atoms with van der Waals surface area (Å²) in [5.74, 6) is 2.75. The van der Waals surface area contributed by atoms with Gasteiger partial charge in [0.15, 0.2) is 0 Å². The molecular formula is C22H21N2S+. The topological polar surface area (TPSA) is 7.12 Å². The Morgan fingerprint density at radius 3 is 2.48 bits per heavy atom. The van der Waals surface area contributed by atoms with E-state index in [0.29, 0.717) is 6.54 Å². The summed E-state index contributed by atoms with van der Waals surface area (Å²) in [5.41, 5.74) is 3.57. The number of aromatic nitrogens is 1. The molecular weight excluding hydrogens is 324 g/mol. The molecule has 3 heteroatoms. The third-order valence-corrected chi connectivity index (χ3v) is 5.06. The zero-order valence-electron chi connectivity index (χ0n) is 14.5. The Balaban J connectivity index is 1.79. The molecule has 0 amide bonds. The predicted molar refractivity (Wildman–Crippen MR) is 110 cm³/mol. The zero-order valence-corrected chi connectivity index (χ0v) is 15.3. The number of anilines is 1. The minimum absolute atomic E-state index is 0.583. The van der Waals surface area contributed by atoms with Crippen LogP contribution in [-0.2, 0) is 6.54 Å². The summed E-state index contributed by atoms with van der Waals surface area (Å²) in [6.07, 6.45) is 13.9. The van der Waals surface area contributed by atoms with Crippen molar-refractivity contribution in [1.29, 1.82) is 0 Å². The highest BCUT2D eigenvalue weighted by Gasteiger charge is 2.16. The van der Waals surface area contributed by atoms with Crippen molar-refractivity contribution in [1.82, 2.24) is 0 Å². The predicted octanol–water partition coefficient (Wildman–Crippen LogP) is 4.61. The van der Waals surface area contributed by atoms with Crippen LogP contribution >= 0.6 is 11.3 Å². The molecule has 1 heterocycles. The lowest BCUT2D eigenvalue weighted by atomic mass is 10.2. The van der Waals surface area contributed by atoms with Crippen molar-refractivity contribution in [3.63, 3.8) is 0 Å². The SMILES string of the molecule is C#CC[n+]1c(/C=C/C=C/c2ccc(N(C)C)cc2)sc2ccccc21. The van der Waals surface area contributed by atoms with Crippen LogP contribution in [0, 0.1) is 12.3 Å². The maximum Gasteiger partial charge on any atom is 0.263 e. The molecule has 25 heavy (non-hydrogen) atoms. The summed E-state index contributed by atoms with van der Waals surface area (Å²) in [7, 11) is 4.09. The number of hydrogen-bond acceptors (Lipinski definition) is 2. The van der Waals surface area contributed by atoms with Crippen molar-refractivity contribution in [2.24, 2.45) is 0 Å². The molecule has 0 fully saturated rings. The number of para-hydroxylation sites is 1. The van der Waals surface area contributed by atoms with E-state index in [1.54, 1.807) is 11.3 Å². The van der Waals surface area contributed by atoms with E-state index in [-0.39, 0.29) is 0 Å². The first kappa shape index (κ1) is 17.0. The van der Waals surface area contributed by atoms with E-state index in [0.717, 1.165) is 5.01 Å². The van der Waals surface area contributed by atoms with Crippen molar-refractivity contribution in [3.8, 4) is 12.3 Å². The monoisotopic (exact) mass is 345 g/mol. The van der Waals surface area contributed by atoms with E-state index in [9.17, 15) is 0 Å². The van der Waals surface area contributed by atoms with Gasteiger partial charge in [0.1, 0.15) is 4.70 Å². The van der Waals surface area contributed by atoms with Gasteiger partial charge in [-0.1, -0.05) is 53.8 Å². The molecule has 0 unspecified atom stereocenters. The number of benzene rings is 2. The fraction of sp³-hybridized carbons (Fsp3) is 0.136. The van der Waals surface area contributed by atoms with Crippen LogP contribution in [0.15, 0.2) is 60.7 Å². The molecule has 2 nitrogen and oxygen atoms in total. The van der Waals surface area contributed by atoms with E-state index in [2.05, 4.69) is 82.2 Å². The maximum absolute atomic E-state index is 5.54. The first-order valence-corrected chi connectivity index (χ1v) is 8.97. The molecule has 0 saturated heterocycles. The molecule has 0 aliphatic rings. The molecule has 1 aromatic heterocycles. The van der Waals surface area contributed by atoms with Crippen molar-refractivity contribution in [2.75, 3.05) is 19.0 Å². The van der Waals surface area contributed by atoms with Gasteiger partial charge in [-0.05, 0) is 29.7 Å². The summed E-state index contributed by atoms with van der Waals surface area (Å²) in [6.45, 7) is 0.583. The Labute approximate surface area is 153 Å². The fourth-order valence-electron chi connectivity index (χ4n) is 2.62. The van der Waals surface area contributed by atoms with E-state index >= 15 is 0 Å². The lowest BCUT2D eigenvalue weighted by Gasteiger charge is -2.11. The van der Waals surface area contributed by atoms with Gasteiger partial charge in [-0.25, -0.2) is 0 Å². The van der Waals surface area contributed by atoms with Crippen LogP contribution in [0.3, 0.4) is 0 Å². The van der Waals surface area contributed by atoms with Gasteiger partial charge < -0.3 is 4.90 Å². The molecule has 3 rings (SSSR count). The third-order valence-electron chi connectivity index (χ3n) is 3.93. The molecule has 124 valence electrons. The van der Waals surface area contributed by atoms with Crippen LogP contribution in [0.25, 0.3) is 22.4 Å². The van der Waals surface area contributed by atoms with E-state index in [1.807, 2.05) is 20.2 Å². The van der Waals surface area contributed by atoms with Crippen LogP contribution in [0.1, 0.15) is 10.6 Å². The first-order valence-electron chi connectivity index (χ1n) is 8.16. The molecule has 2 aromatic carbocycles. The summed E-state index contributed by atoms with van der Waals surface area (Å²) >= 11 is 1.76. The Kier molecular flexibility index (Phi) is 5.33. The van der Waals surface area contributed by atoms with Crippen LogP contribution < -0.4 is 9.47 Å². The van der Waals surface area contributed by atoms with Gasteiger partial charge in [-0.2, -0.15) is 4.57 Å². The lowest BCUT2D eigenvalue weighted by Crippen LogP contribution is -2.34. The Morgan fingerprint density at radius 1 is 1.04 bits per heavy atom. The summed E-state index contributed by atoms with van der Waals surface area (Å²) in [4.78, 5) is 2.10. The minimum Gasteiger partial charge on any atom is -0.378 e. The molecule has 0 radical (unpaired) electrons. The second-order valence-corrected chi connectivity index (χ2v) is 6.96. The molecule has 0 atom stereocenters. The standard InChI is InChI=1S/C22H21N2S/c1-4-17-24-20-10-6-7-11-21(20)25-22(24)12-8-5-9-18-13-15-19(16-14-18)23(2)3/h1,5-16H,17H2,2-3H3/q+1. The highest BCUT2D eigenvalue weighted by atomic mass is 32.1. The van der Waals surface area contributed by atoms with Crippen LogP contribution in [-0.4, -0.2) is 14.1 Å². The number of thiazole rings is 1. The quantitative estimate of drug-likeness (QED) is 0.372. The average molecular weight is 345 g/mol. The molecule has 0 aliphatic carbocycles. The van der Waals surface area contributed by atoms with Crippen molar-refractivity contribution in [3.05, 3.63) is 71.3 Å². The zero-order chi connectivity index (χ0) is 17.6. The molecule has 0 N–H and O–H groups in total. The largest absolute Gasteiger partial charge is 0.378 e. The number of hydrogen-bond donors (Lipinski definition) is 0. The van der Waals surface area contributed by atoms with Gasteiger partial charge >= 0.3 is 0 Å². The maximum atomic E-state index is 5.54. The van der Waals surface area contributed by atoms with E-state index in [4.69, 9.17) is 6.42 Å². The number of fused-ring (bicyclic) bond motifs is 1. The number of allylic oxidation sites excluding steroid dienone is 2. The Bertz CT molecular complexity index is 954. The van der Waals surface area contributed by atoms with E-state index < -0.39 is 0 Å². The van der Waals surface area contributed by atoms with Crippen LogP contribution in [0.5, 0.6) is 0 Å². The summed E-state index contributed by atoms with van der Waals surface area (Å²) < 4.78 is 3.43. The fourth-order valence-corrected chi connectivity index (χ4v) is 3.69. The summed E-state index contributed by atoms with van der Waals surface area (Å²) in [6, 6.07) is 16.8. The molecule has 3 aromatic rings. The van der Waals surface area contributed by atoms with Gasteiger partial charge in [0.25, 0.3) is 5.01 Å². The van der Waals surface area contributed by atoms with Gasteiger partial charge in [-0.3, -0.25) is 0 Å². The van der Waals surface area contributed by atoms with Crippen molar-refractivity contribution >= 4 is 39.4 Å². The van der Waals surface area contributed by atoms with Crippen molar-refractivity contribution in [2.45, 2.75) is 6.54 Å². The van der Waals surface area contributed by atoms with E-state index in [1.165, 1.54) is 21.5 Å². The molecule has 0 spiro atoms.